The molecule has 0 spiro atoms. The van der Waals surface area contributed by atoms with E-state index in [0.717, 1.165) is 44.7 Å². The first-order chi connectivity index (χ1) is 17.1. The maximum atomic E-state index is 13.6. The molecule has 6 nitrogen and oxygen atoms in total. The van der Waals surface area contributed by atoms with Gasteiger partial charge >= 0.3 is 6.09 Å². The third-order valence-corrected chi connectivity index (χ3v) is 6.96. The number of methoxy groups -OCH3 is 1. The van der Waals surface area contributed by atoms with Crippen LogP contribution in [0.4, 0.5) is 9.18 Å². The van der Waals surface area contributed by atoms with Gasteiger partial charge in [-0.15, -0.1) is 0 Å². The topological polar surface area (TPSA) is 79.4 Å². The summed E-state index contributed by atoms with van der Waals surface area (Å²) < 4.78 is 26.8. The van der Waals surface area contributed by atoms with Crippen molar-refractivity contribution in [2.24, 2.45) is 5.73 Å². The van der Waals surface area contributed by atoms with E-state index in [-0.39, 0.29) is 11.7 Å². The summed E-state index contributed by atoms with van der Waals surface area (Å²) in [6, 6.07) is 16.4. The minimum absolute atomic E-state index is 0.274. The summed E-state index contributed by atoms with van der Waals surface area (Å²) in [6.07, 6.45) is 1.47. The van der Waals surface area contributed by atoms with Crippen molar-refractivity contribution >= 4 is 17.1 Å². The Morgan fingerprint density at radius 2 is 1.69 bits per heavy atom. The highest BCUT2D eigenvalue weighted by atomic mass is 19.1. The lowest BCUT2D eigenvalue weighted by Crippen LogP contribution is -2.38. The molecule has 4 rings (SSSR count). The number of fused-ring (bicyclic) bond motifs is 1. The Balaban J connectivity index is 1.88. The van der Waals surface area contributed by atoms with Crippen LogP contribution in [0.5, 0.6) is 5.75 Å². The molecule has 0 saturated heterocycles. The first-order valence-corrected chi connectivity index (χ1v) is 11.9. The summed E-state index contributed by atoms with van der Waals surface area (Å²) in [6.45, 7) is 8.51. The number of benzene rings is 2. The van der Waals surface area contributed by atoms with Crippen molar-refractivity contribution in [2.75, 3.05) is 7.11 Å². The zero-order valence-corrected chi connectivity index (χ0v) is 21.3. The Morgan fingerprint density at radius 3 is 2.31 bits per heavy atom. The van der Waals surface area contributed by atoms with Crippen molar-refractivity contribution < 1.29 is 18.7 Å². The Kier molecular flexibility index (Phi) is 7.02. The molecule has 4 aromatic rings. The molecule has 0 aliphatic rings. The molecular weight excluding hydrogens is 457 g/mol. The van der Waals surface area contributed by atoms with Gasteiger partial charge in [-0.25, -0.2) is 9.18 Å². The van der Waals surface area contributed by atoms with Gasteiger partial charge in [0.1, 0.15) is 17.2 Å². The van der Waals surface area contributed by atoms with E-state index in [1.54, 1.807) is 25.4 Å². The smallest absolute Gasteiger partial charge is 0.405 e. The highest BCUT2D eigenvalue weighted by Crippen LogP contribution is 2.39. The van der Waals surface area contributed by atoms with E-state index in [1.807, 2.05) is 44.2 Å². The second-order valence-electron chi connectivity index (χ2n) is 9.65. The number of carbonyl (C=O) groups is 1. The molecule has 2 aromatic carbocycles. The predicted octanol–water partition coefficient (Wildman–Crippen LogP) is 6.05. The van der Waals surface area contributed by atoms with Crippen molar-refractivity contribution in [3.05, 3.63) is 94.6 Å². The molecule has 2 heterocycles. The monoisotopic (exact) mass is 489 g/mol. The van der Waals surface area contributed by atoms with Crippen LogP contribution in [0.3, 0.4) is 0 Å². The van der Waals surface area contributed by atoms with Gasteiger partial charge in [0.25, 0.3) is 0 Å². The maximum absolute atomic E-state index is 13.6. The summed E-state index contributed by atoms with van der Waals surface area (Å²) >= 11 is 0. The van der Waals surface area contributed by atoms with Gasteiger partial charge in [0.15, 0.2) is 0 Å². The normalized spacial score (nSPS) is 12.5. The molecular formula is C29H32FN3O3. The molecule has 2 N–H and O–H groups in total. The van der Waals surface area contributed by atoms with Gasteiger partial charge in [-0.2, -0.15) is 0 Å². The number of hydrogen-bond acceptors (Lipinski definition) is 4. The van der Waals surface area contributed by atoms with Gasteiger partial charge in [0, 0.05) is 24.4 Å². The molecule has 36 heavy (non-hydrogen) atoms. The number of ether oxygens (including phenoxy) is 2. The molecule has 1 atom stereocenters. The number of carbonyl (C=O) groups excluding carboxylic acids is 1. The van der Waals surface area contributed by atoms with Crippen molar-refractivity contribution in [1.82, 2.24) is 9.55 Å². The summed E-state index contributed by atoms with van der Waals surface area (Å²) in [5, 5.41) is 0. The minimum Gasteiger partial charge on any atom is -0.497 e. The van der Waals surface area contributed by atoms with Crippen LogP contribution in [0.25, 0.3) is 11.0 Å². The van der Waals surface area contributed by atoms with E-state index in [4.69, 9.17) is 20.2 Å². The number of nitrogens with two attached hydrogens (primary N) is 1. The van der Waals surface area contributed by atoms with Gasteiger partial charge in [-0.05, 0) is 86.7 Å². The molecule has 1 amide bonds. The SMILES string of the molecule is COc1ccc(Cn2c(C)c(C)c3nccc(C(Cc4ccc(F)cc4)C(C)(C)OC(N)=O)c32)cc1. The van der Waals surface area contributed by atoms with E-state index in [0.29, 0.717) is 13.0 Å². The van der Waals surface area contributed by atoms with Crippen LogP contribution in [-0.4, -0.2) is 28.4 Å². The van der Waals surface area contributed by atoms with Crippen LogP contribution in [-0.2, 0) is 17.7 Å². The third-order valence-electron chi connectivity index (χ3n) is 6.96. The van der Waals surface area contributed by atoms with Crippen LogP contribution in [0.1, 0.15) is 47.7 Å². The second-order valence-corrected chi connectivity index (χ2v) is 9.65. The van der Waals surface area contributed by atoms with E-state index in [1.165, 1.54) is 12.1 Å². The number of halogens is 1. The largest absolute Gasteiger partial charge is 0.497 e. The summed E-state index contributed by atoms with van der Waals surface area (Å²) in [5.41, 5.74) is 11.6. The molecule has 0 aliphatic carbocycles. The number of rotatable bonds is 8. The lowest BCUT2D eigenvalue weighted by atomic mass is 9.79. The Bertz CT molecular complexity index is 1380. The molecule has 7 heteroatoms. The molecule has 0 fully saturated rings. The molecule has 188 valence electrons. The lowest BCUT2D eigenvalue weighted by molar-refractivity contribution is 0.0239. The number of amides is 1. The summed E-state index contributed by atoms with van der Waals surface area (Å²) in [4.78, 5) is 16.6. The Hall–Kier alpha value is -3.87. The van der Waals surface area contributed by atoms with Crippen molar-refractivity contribution in [3.63, 3.8) is 0 Å². The van der Waals surface area contributed by atoms with Crippen molar-refractivity contribution in [3.8, 4) is 5.75 Å². The number of aryl methyl sites for hydroxylation is 1. The fraction of sp³-hybridized carbons (Fsp3) is 0.310. The quantitative estimate of drug-likeness (QED) is 0.327. The molecule has 2 aromatic heterocycles. The van der Waals surface area contributed by atoms with Crippen LogP contribution in [0.15, 0.2) is 60.8 Å². The number of nitrogens with zero attached hydrogens (tertiary/aromatic N) is 2. The number of pyridine rings is 1. The molecule has 0 aliphatic heterocycles. The standard InChI is InChI=1S/C29H32FN3O3/c1-18-19(2)33(17-21-8-12-23(35-5)13-9-21)27-24(14-15-32-26(18)27)25(29(3,4)36-28(31)34)16-20-6-10-22(30)11-7-20/h6-15,25H,16-17H2,1-5H3,(H2,31,34). The molecule has 0 bridgehead atoms. The fourth-order valence-corrected chi connectivity index (χ4v) is 4.88. The van der Waals surface area contributed by atoms with Gasteiger partial charge in [-0.1, -0.05) is 24.3 Å². The molecule has 0 radical (unpaired) electrons. The van der Waals surface area contributed by atoms with Crippen LogP contribution < -0.4 is 10.5 Å². The highest BCUT2D eigenvalue weighted by molar-refractivity contribution is 5.85. The molecule has 1 unspecified atom stereocenters. The average molecular weight is 490 g/mol. The van der Waals surface area contributed by atoms with Gasteiger partial charge in [0.05, 0.1) is 18.1 Å². The second kappa shape index (κ2) is 10.0. The predicted molar refractivity (Wildman–Crippen MR) is 139 cm³/mol. The molecule has 0 saturated carbocycles. The Morgan fingerprint density at radius 1 is 1.06 bits per heavy atom. The lowest BCUT2D eigenvalue weighted by Gasteiger charge is -2.34. The van der Waals surface area contributed by atoms with Crippen LogP contribution >= 0.6 is 0 Å². The van der Waals surface area contributed by atoms with Crippen LogP contribution in [0, 0.1) is 19.7 Å². The average Bonchev–Trinajstić information content (AvgIpc) is 3.08. The Labute approximate surface area is 210 Å². The highest BCUT2D eigenvalue weighted by Gasteiger charge is 2.36. The first kappa shape index (κ1) is 25.2. The van der Waals surface area contributed by atoms with Crippen molar-refractivity contribution in [1.29, 1.82) is 0 Å². The van der Waals surface area contributed by atoms with Gasteiger partial charge in [0.2, 0.25) is 0 Å². The van der Waals surface area contributed by atoms with Gasteiger partial charge < -0.3 is 19.8 Å². The van der Waals surface area contributed by atoms with E-state index < -0.39 is 11.7 Å². The number of primary amides is 1. The summed E-state index contributed by atoms with van der Waals surface area (Å²) in [5.74, 6) is 0.231. The number of hydrogen-bond donors (Lipinski definition) is 1. The zero-order chi connectivity index (χ0) is 26.0. The fourth-order valence-electron chi connectivity index (χ4n) is 4.88. The van der Waals surface area contributed by atoms with Crippen molar-refractivity contribution in [2.45, 2.75) is 52.2 Å². The van der Waals surface area contributed by atoms with E-state index >= 15 is 0 Å². The summed E-state index contributed by atoms with van der Waals surface area (Å²) in [7, 11) is 1.65. The number of aromatic nitrogens is 2. The maximum Gasteiger partial charge on any atom is 0.405 e. The minimum atomic E-state index is -0.939. The van der Waals surface area contributed by atoms with Gasteiger partial charge in [-0.3, -0.25) is 4.98 Å². The van der Waals surface area contributed by atoms with E-state index in [9.17, 15) is 9.18 Å². The first-order valence-electron chi connectivity index (χ1n) is 11.9. The van der Waals surface area contributed by atoms with Crippen LogP contribution in [0.2, 0.25) is 0 Å². The van der Waals surface area contributed by atoms with E-state index in [2.05, 4.69) is 18.4 Å². The third kappa shape index (κ3) is 5.05. The zero-order valence-electron chi connectivity index (χ0n) is 21.3.